The molecule has 1 atom stereocenters. The summed E-state index contributed by atoms with van der Waals surface area (Å²) >= 11 is 0. The van der Waals surface area contributed by atoms with E-state index in [9.17, 15) is 0 Å². The molecule has 0 N–H and O–H groups in total. The molecule has 2 saturated heterocycles. The second-order valence-electron chi connectivity index (χ2n) is 3.79. The third-order valence-corrected chi connectivity index (χ3v) is 2.02. The molecule has 11 heavy (non-hydrogen) atoms. The van der Waals surface area contributed by atoms with Gasteiger partial charge in [-0.25, -0.2) is 0 Å². The number of hydrogen-bond acceptors (Lipinski definition) is 3. The molecule has 0 aromatic rings. The zero-order valence-corrected chi connectivity index (χ0v) is 7.05. The van der Waals surface area contributed by atoms with Gasteiger partial charge in [0.2, 0.25) is 0 Å². The summed E-state index contributed by atoms with van der Waals surface area (Å²) in [5, 5.41) is 0. The lowest BCUT2D eigenvalue weighted by Crippen LogP contribution is -2.32. The van der Waals surface area contributed by atoms with Crippen molar-refractivity contribution in [2.45, 2.75) is 38.3 Å². The van der Waals surface area contributed by atoms with Crippen LogP contribution in [0.5, 0.6) is 0 Å². The summed E-state index contributed by atoms with van der Waals surface area (Å²) in [7, 11) is 0. The Hall–Kier alpha value is -0.120. The summed E-state index contributed by atoms with van der Waals surface area (Å²) in [6, 6.07) is 0. The fourth-order valence-electron chi connectivity index (χ4n) is 1.55. The Balaban J connectivity index is 2.07. The van der Waals surface area contributed by atoms with Gasteiger partial charge in [0, 0.05) is 6.42 Å². The van der Waals surface area contributed by atoms with E-state index in [-0.39, 0.29) is 5.60 Å². The SMILES string of the molecule is CC1(C)COC2(CCCO2)O1. The molecule has 0 bridgehead atoms. The Kier molecular flexibility index (Phi) is 1.50. The number of ether oxygens (including phenoxy) is 3. The van der Waals surface area contributed by atoms with Gasteiger partial charge in [0.1, 0.15) is 0 Å². The molecular formula is C8H14O3. The molecule has 2 aliphatic rings. The fraction of sp³-hybridized carbons (Fsp3) is 1.00. The van der Waals surface area contributed by atoms with Gasteiger partial charge >= 0.3 is 0 Å². The van der Waals surface area contributed by atoms with Crippen LogP contribution in [0.15, 0.2) is 0 Å². The molecule has 1 spiro atoms. The highest BCUT2D eigenvalue weighted by atomic mass is 16.9. The summed E-state index contributed by atoms with van der Waals surface area (Å²) in [5.41, 5.74) is -0.176. The van der Waals surface area contributed by atoms with E-state index in [0.29, 0.717) is 6.61 Å². The van der Waals surface area contributed by atoms with Crippen molar-refractivity contribution < 1.29 is 14.2 Å². The first-order chi connectivity index (χ1) is 5.12. The average Bonchev–Trinajstić information content (AvgIpc) is 2.43. The van der Waals surface area contributed by atoms with Crippen molar-refractivity contribution in [3.8, 4) is 0 Å². The van der Waals surface area contributed by atoms with Crippen molar-refractivity contribution in [3.05, 3.63) is 0 Å². The maximum Gasteiger partial charge on any atom is 0.283 e. The molecule has 0 saturated carbocycles. The van der Waals surface area contributed by atoms with Gasteiger partial charge in [0.15, 0.2) is 0 Å². The second-order valence-corrected chi connectivity index (χ2v) is 3.79. The second kappa shape index (κ2) is 2.19. The van der Waals surface area contributed by atoms with Gasteiger partial charge in [-0.2, -0.15) is 0 Å². The topological polar surface area (TPSA) is 27.7 Å². The summed E-state index contributed by atoms with van der Waals surface area (Å²) in [4.78, 5) is 0. The monoisotopic (exact) mass is 158 g/mol. The van der Waals surface area contributed by atoms with Crippen LogP contribution in [0.2, 0.25) is 0 Å². The van der Waals surface area contributed by atoms with Gasteiger partial charge in [-0.05, 0) is 20.3 Å². The summed E-state index contributed by atoms with van der Waals surface area (Å²) in [5.74, 6) is -0.677. The fourth-order valence-corrected chi connectivity index (χ4v) is 1.55. The molecule has 0 amide bonds. The first-order valence-electron chi connectivity index (χ1n) is 4.10. The molecule has 3 nitrogen and oxygen atoms in total. The van der Waals surface area contributed by atoms with Crippen molar-refractivity contribution >= 4 is 0 Å². The van der Waals surface area contributed by atoms with Crippen LogP contribution in [0.1, 0.15) is 26.7 Å². The predicted octanol–water partition coefficient (Wildman–Crippen LogP) is 1.28. The molecule has 64 valence electrons. The van der Waals surface area contributed by atoms with Crippen LogP contribution >= 0.6 is 0 Å². The Morgan fingerprint density at radius 2 is 2.00 bits per heavy atom. The molecule has 0 aromatic heterocycles. The lowest BCUT2D eigenvalue weighted by atomic mass is 10.2. The van der Waals surface area contributed by atoms with E-state index >= 15 is 0 Å². The third kappa shape index (κ3) is 1.28. The molecule has 2 aliphatic heterocycles. The Labute approximate surface area is 66.6 Å². The van der Waals surface area contributed by atoms with Crippen LogP contribution in [0.25, 0.3) is 0 Å². The van der Waals surface area contributed by atoms with E-state index in [1.807, 2.05) is 13.8 Å². The van der Waals surface area contributed by atoms with E-state index in [2.05, 4.69) is 0 Å². The van der Waals surface area contributed by atoms with Crippen molar-refractivity contribution in [2.24, 2.45) is 0 Å². The van der Waals surface area contributed by atoms with Crippen LogP contribution in [-0.4, -0.2) is 24.8 Å². The molecule has 3 heteroatoms. The minimum Gasteiger partial charge on any atom is -0.327 e. The highest BCUT2D eigenvalue weighted by Crippen LogP contribution is 2.38. The predicted molar refractivity (Wildman–Crippen MR) is 39.0 cm³/mol. The third-order valence-electron chi connectivity index (χ3n) is 2.02. The van der Waals surface area contributed by atoms with Crippen LogP contribution in [-0.2, 0) is 14.2 Å². The molecule has 0 radical (unpaired) electrons. The van der Waals surface area contributed by atoms with E-state index < -0.39 is 5.97 Å². The Morgan fingerprint density at radius 3 is 2.45 bits per heavy atom. The molecule has 2 rings (SSSR count). The number of rotatable bonds is 0. The van der Waals surface area contributed by atoms with Crippen molar-refractivity contribution in [3.63, 3.8) is 0 Å². The minimum absolute atomic E-state index is 0.176. The smallest absolute Gasteiger partial charge is 0.283 e. The normalized spacial score (nSPS) is 42.0. The Bertz CT molecular complexity index is 159. The van der Waals surface area contributed by atoms with Crippen molar-refractivity contribution in [1.29, 1.82) is 0 Å². The van der Waals surface area contributed by atoms with E-state index in [1.54, 1.807) is 0 Å². The maximum absolute atomic E-state index is 5.65. The van der Waals surface area contributed by atoms with E-state index in [1.165, 1.54) is 0 Å². The highest BCUT2D eigenvalue weighted by molar-refractivity contribution is 4.81. The molecule has 1 unspecified atom stereocenters. The first kappa shape index (κ1) is 7.53. The molecule has 0 aliphatic carbocycles. The number of hydrogen-bond donors (Lipinski definition) is 0. The van der Waals surface area contributed by atoms with Gasteiger partial charge in [0.05, 0.1) is 18.8 Å². The Morgan fingerprint density at radius 1 is 1.18 bits per heavy atom. The van der Waals surface area contributed by atoms with Crippen LogP contribution in [0.4, 0.5) is 0 Å². The van der Waals surface area contributed by atoms with Gasteiger partial charge in [-0.1, -0.05) is 0 Å². The minimum atomic E-state index is -0.677. The maximum atomic E-state index is 5.65. The summed E-state index contributed by atoms with van der Waals surface area (Å²) in [6.45, 7) is 5.43. The molecular weight excluding hydrogens is 144 g/mol. The van der Waals surface area contributed by atoms with Gasteiger partial charge in [0.25, 0.3) is 5.97 Å². The zero-order chi connectivity index (χ0) is 7.95. The van der Waals surface area contributed by atoms with Crippen molar-refractivity contribution in [2.75, 3.05) is 13.2 Å². The standard InChI is InChI=1S/C8H14O3/c1-7(2)6-10-8(11-7)4-3-5-9-8/h3-6H2,1-2H3. The molecule has 0 aromatic carbocycles. The summed E-state index contributed by atoms with van der Waals surface area (Å²) < 4.78 is 16.5. The zero-order valence-electron chi connectivity index (χ0n) is 7.05. The van der Waals surface area contributed by atoms with Gasteiger partial charge in [-0.15, -0.1) is 0 Å². The molecule has 2 fully saturated rings. The lowest BCUT2D eigenvalue weighted by Gasteiger charge is -2.23. The largest absolute Gasteiger partial charge is 0.327 e. The highest BCUT2D eigenvalue weighted by Gasteiger charge is 2.48. The van der Waals surface area contributed by atoms with Crippen LogP contribution in [0, 0.1) is 0 Å². The molecule has 2 heterocycles. The average molecular weight is 158 g/mol. The van der Waals surface area contributed by atoms with Gasteiger partial charge < -0.3 is 14.2 Å². The summed E-state index contributed by atoms with van der Waals surface area (Å²) in [6.07, 6.45) is 1.91. The van der Waals surface area contributed by atoms with Crippen LogP contribution in [0.3, 0.4) is 0 Å². The lowest BCUT2D eigenvalue weighted by molar-refractivity contribution is -0.321. The van der Waals surface area contributed by atoms with E-state index in [4.69, 9.17) is 14.2 Å². The van der Waals surface area contributed by atoms with Crippen LogP contribution < -0.4 is 0 Å². The van der Waals surface area contributed by atoms with Crippen molar-refractivity contribution in [1.82, 2.24) is 0 Å². The van der Waals surface area contributed by atoms with Gasteiger partial charge in [-0.3, -0.25) is 0 Å². The quantitative estimate of drug-likeness (QED) is 0.531. The van der Waals surface area contributed by atoms with E-state index in [0.717, 1.165) is 19.4 Å². The first-order valence-corrected chi connectivity index (χ1v) is 4.10.